The van der Waals surface area contributed by atoms with Gasteiger partial charge in [-0.1, -0.05) is 66.4 Å². The topological polar surface area (TPSA) is 110 Å². The molecule has 0 saturated carbocycles. The van der Waals surface area contributed by atoms with Crippen molar-refractivity contribution >= 4 is 38.3 Å². The maximum absolute atomic E-state index is 11.5. The van der Waals surface area contributed by atoms with Gasteiger partial charge < -0.3 is 4.42 Å². The number of oxazole rings is 1. The Balaban J connectivity index is 2.00. The summed E-state index contributed by atoms with van der Waals surface area (Å²) in [5.74, 6) is 1.32. The van der Waals surface area contributed by atoms with E-state index >= 15 is 0 Å². The van der Waals surface area contributed by atoms with Crippen LogP contribution in [0, 0.1) is 0 Å². The number of thiocarbonyl (C=S) groups is 1. The van der Waals surface area contributed by atoms with Crippen LogP contribution in [0.15, 0.2) is 63.9 Å². The van der Waals surface area contributed by atoms with E-state index in [2.05, 4.69) is 4.98 Å². The SMILES string of the molecule is CN(O)C(=S)SCc1nc(-c2ccc(S(N)(=O)=O)cc2)c(-c2ccccc2)o1. The van der Waals surface area contributed by atoms with Gasteiger partial charge in [-0.2, -0.15) is 0 Å². The molecule has 0 aliphatic carbocycles. The highest BCUT2D eigenvalue weighted by Gasteiger charge is 2.18. The smallest absolute Gasteiger partial charge is 0.238 e. The Morgan fingerprint density at radius 2 is 1.82 bits per heavy atom. The molecule has 0 bridgehead atoms. The first-order chi connectivity index (χ1) is 13.3. The summed E-state index contributed by atoms with van der Waals surface area (Å²) in [6, 6.07) is 15.6. The third-order valence-electron chi connectivity index (χ3n) is 3.75. The minimum Gasteiger partial charge on any atom is -0.439 e. The summed E-state index contributed by atoms with van der Waals surface area (Å²) in [7, 11) is -2.33. The maximum Gasteiger partial charge on any atom is 0.238 e. The molecular formula is C18H17N3O4S3. The summed E-state index contributed by atoms with van der Waals surface area (Å²) in [6.45, 7) is 0. The van der Waals surface area contributed by atoms with Crippen molar-refractivity contribution in [3.8, 4) is 22.6 Å². The molecule has 0 spiro atoms. The molecule has 146 valence electrons. The quantitative estimate of drug-likeness (QED) is 0.463. The molecule has 0 saturated heterocycles. The second-order valence-corrected chi connectivity index (χ2v) is 8.97. The van der Waals surface area contributed by atoms with Gasteiger partial charge in [0.15, 0.2) is 10.1 Å². The van der Waals surface area contributed by atoms with Gasteiger partial charge in [0.2, 0.25) is 15.9 Å². The van der Waals surface area contributed by atoms with Crippen LogP contribution in [0.1, 0.15) is 5.89 Å². The average Bonchev–Trinajstić information content (AvgIpc) is 3.10. The zero-order chi connectivity index (χ0) is 20.3. The van der Waals surface area contributed by atoms with E-state index in [0.717, 1.165) is 10.6 Å². The van der Waals surface area contributed by atoms with Crippen molar-refractivity contribution in [3.63, 3.8) is 0 Å². The Hall–Kier alpha value is -2.24. The van der Waals surface area contributed by atoms with Gasteiger partial charge in [-0.3, -0.25) is 5.21 Å². The second kappa shape index (κ2) is 8.41. The summed E-state index contributed by atoms with van der Waals surface area (Å²) in [5, 5.41) is 15.4. The molecule has 3 rings (SSSR count). The molecule has 0 fully saturated rings. The third-order valence-corrected chi connectivity index (χ3v) is 6.20. The standard InChI is InChI=1S/C18H17N3O4S3/c1-21(22)18(26)27-11-15-20-16(17(25-15)13-5-3-2-4-6-13)12-7-9-14(10-8-12)28(19,23)24/h2-10,22H,11H2,1H3,(H2,19,23,24). The molecule has 3 aromatic rings. The highest BCUT2D eigenvalue weighted by molar-refractivity contribution is 8.22. The van der Waals surface area contributed by atoms with Gasteiger partial charge in [0.25, 0.3) is 0 Å². The molecule has 0 unspecified atom stereocenters. The Morgan fingerprint density at radius 1 is 1.18 bits per heavy atom. The second-order valence-electron chi connectivity index (χ2n) is 5.80. The fourth-order valence-corrected chi connectivity index (χ4v) is 3.68. The van der Waals surface area contributed by atoms with E-state index in [0.29, 0.717) is 33.0 Å². The van der Waals surface area contributed by atoms with Crippen LogP contribution in [-0.4, -0.2) is 35.0 Å². The zero-order valence-corrected chi connectivity index (χ0v) is 17.2. The van der Waals surface area contributed by atoms with Crippen molar-refractivity contribution in [3.05, 3.63) is 60.5 Å². The molecule has 1 heterocycles. The number of sulfonamides is 1. The molecule has 3 N–H and O–H groups in total. The molecule has 0 atom stereocenters. The van der Waals surface area contributed by atoms with E-state index in [-0.39, 0.29) is 4.90 Å². The fraction of sp³-hybridized carbons (Fsp3) is 0.111. The van der Waals surface area contributed by atoms with Gasteiger partial charge >= 0.3 is 0 Å². The Kier molecular flexibility index (Phi) is 6.16. The van der Waals surface area contributed by atoms with Crippen molar-refractivity contribution in [2.45, 2.75) is 10.6 Å². The summed E-state index contributed by atoms with van der Waals surface area (Å²) >= 11 is 6.26. The van der Waals surface area contributed by atoms with Crippen LogP contribution in [0.2, 0.25) is 0 Å². The van der Waals surface area contributed by atoms with Gasteiger partial charge in [-0.15, -0.1) is 0 Å². The number of benzene rings is 2. The first kappa shape index (κ1) is 20.5. The predicted octanol–water partition coefficient (Wildman–Crippen LogP) is 3.50. The highest BCUT2D eigenvalue weighted by atomic mass is 32.2. The first-order valence-corrected chi connectivity index (χ1v) is 11.0. The van der Waals surface area contributed by atoms with Crippen molar-refractivity contribution < 1.29 is 18.0 Å². The largest absolute Gasteiger partial charge is 0.439 e. The molecule has 0 aliphatic rings. The van der Waals surface area contributed by atoms with Crippen LogP contribution in [0.25, 0.3) is 22.6 Å². The minimum atomic E-state index is -3.77. The van der Waals surface area contributed by atoms with Gasteiger partial charge in [0.1, 0.15) is 5.69 Å². The molecule has 0 amide bonds. The van der Waals surface area contributed by atoms with Crippen LogP contribution < -0.4 is 5.14 Å². The number of primary sulfonamides is 1. The first-order valence-electron chi connectivity index (χ1n) is 8.03. The number of nitrogens with two attached hydrogens (primary N) is 1. The number of aromatic nitrogens is 1. The lowest BCUT2D eigenvalue weighted by Crippen LogP contribution is -2.17. The van der Waals surface area contributed by atoms with E-state index < -0.39 is 10.0 Å². The summed E-state index contributed by atoms with van der Waals surface area (Å²) in [6.07, 6.45) is 0. The third kappa shape index (κ3) is 4.78. The van der Waals surface area contributed by atoms with Crippen molar-refractivity contribution in [1.29, 1.82) is 0 Å². The lowest BCUT2D eigenvalue weighted by atomic mass is 10.1. The number of thioether (sulfide) groups is 1. The van der Waals surface area contributed by atoms with E-state index in [1.807, 2.05) is 30.3 Å². The average molecular weight is 436 g/mol. The Bertz CT molecular complexity index is 1080. The van der Waals surface area contributed by atoms with Crippen LogP contribution in [0.3, 0.4) is 0 Å². The number of rotatable bonds is 5. The number of hydroxylamine groups is 2. The van der Waals surface area contributed by atoms with Gasteiger partial charge in [-0.05, 0) is 12.1 Å². The Morgan fingerprint density at radius 3 is 2.39 bits per heavy atom. The minimum absolute atomic E-state index is 0.0214. The van der Waals surface area contributed by atoms with Crippen LogP contribution >= 0.6 is 24.0 Å². The normalized spacial score (nSPS) is 11.4. The molecule has 0 radical (unpaired) electrons. The molecule has 1 aromatic heterocycles. The van der Waals surface area contributed by atoms with E-state index in [1.165, 1.54) is 30.9 Å². The van der Waals surface area contributed by atoms with Gasteiger partial charge in [0.05, 0.1) is 10.6 Å². The van der Waals surface area contributed by atoms with Crippen molar-refractivity contribution in [2.75, 3.05) is 7.05 Å². The molecule has 10 heteroatoms. The van der Waals surface area contributed by atoms with E-state index in [9.17, 15) is 13.6 Å². The summed E-state index contributed by atoms with van der Waals surface area (Å²) in [5.41, 5.74) is 2.10. The molecule has 7 nitrogen and oxygen atoms in total. The number of nitrogens with zero attached hydrogens (tertiary/aromatic N) is 2. The summed E-state index contributed by atoms with van der Waals surface area (Å²) < 4.78 is 29.2. The van der Waals surface area contributed by atoms with Crippen molar-refractivity contribution in [2.24, 2.45) is 5.14 Å². The number of hydrogen-bond acceptors (Lipinski definition) is 7. The molecule has 0 aliphatic heterocycles. The van der Waals surface area contributed by atoms with Crippen LogP contribution in [-0.2, 0) is 15.8 Å². The van der Waals surface area contributed by atoms with Gasteiger partial charge in [0, 0.05) is 18.2 Å². The maximum atomic E-state index is 11.5. The lowest BCUT2D eigenvalue weighted by Gasteiger charge is -2.08. The van der Waals surface area contributed by atoms with Crippen molar-refractivity contribution in [1.82, 2.24) is 10.0 Å². The zero-order valence-electron chi connectivity index (χ0n) is 14.8. The summed E-state index contributed by atoms with van der Waals surface area (Å²) in [4.78, 5) is 4.57. The highest BCUT2D eigenvalue weighted by Crippen LogP contribution is 2.34. The van der Waals surface area contributed by atoms with Gasteiger partial charge in [-0.25, -0.2) is 23.6 Å². The van der Waals surface area contributed by atoms with E-state index in [1.54, 1.807) is 12.1 Å². The van der Waals surface area contributed by atoms with Crippen LogP contribution in [0.5, 0.6) is 0 Å². The van der Waals surface area contributed by atoms with Crippen LogP contribution in [0.4, 0.5) is 0 Å². The fourth-order valence-electron chi connectivity index (χ4n) is 2.43. The molecule has 28 heavy (non-hydrogen) atoms. The number of hydrogen-bond donors (Lipinski definition) is 2. The predicted molar refractivity (Wildman–Crippen MR) is 112 cm³/mol. The molecular weight excluding hydrogens is 418 g/mol. The monoisotopic (exact) mass is 435 g/mol. The molecule has 2 aromatic carbocycles. The lowest BCUT2D eigenvalue weighted by molar-refractivity contribution is 0.0205. The van der Waals surface area contributed by atoms with E-state index in [4.69, 9.17) is 21.8 Å². The Labute approximate surface area is 172 Å².